The highest BCUT2D eigenvalue weighted by Crippen LogP contribution is 2.29. The number of piperazine rings is 1. The van der Waals surface area contributed by atoms with Crippen molar-refractivity contribution >= 4 is 11.6 Å². The first-order valence-corrected chi connectivity index (χ1v) is 7.95. The zero-order valence-corrected chi connectivity index (χ0v) is 14.2. The van der Waals surface area contributed by atoms with E-state index in [9.17, 15) is 4.79 Å². The predicted molar refractivity (Wildman–Crippen MR) is 88.9 cm³/mol. The Morgan fingerprint density at radius 2 is 1.71 bits per heavy atom. The van der Waals surface area contributed by atoms with Gasteiger partial charge in [0.25, 0.3) is 0 Å². The molecular weight excluding hydrogens is 260 g/mol. The Morgan fingerprint density at radius 3 is 2.19 bits per heavy atom. The van der Waals surface area contributed by atoms with Gasteiger partial charge in [0.05, 0.1) is 0 Å². The highest BCUT2D eigenvalue weighted by Gasteiger charge is 2.30. The van der Waals surface area contributed by atoms with Crippen molar-refractivity contribution in [2.24, 2.45) is 0 Å². The molecule has 1 heterocycles. The highest BCUT2D eigenvalue weighted by atomic mass is 16.2. The number of rotatable bonds is 2. The van der Waals surface area contributed by atoms with Crippen molar-refractivity contribution in [2.75, 3.05) is 18.0 Å². The molecule has 3 heteroatoms. The van der Waals surface area contributed by atoms with Crippen molar-refractivity contribution < 1.29 is 4.79 Å². The van der Waals surface area contributed by atoms with Crippen molar-refractivity contribution in [3.8, 4) is 0 Å². The fourth-order valence-electron chi connectivity index (χ4n) is 3.36. The van der Waals surface area contributed by atoms with Crippen molar-refractivity contribution in [2.45, 2.75) is 59.5 Å². The lowest BCUT2D eigenvalue weighted by atomic mass is 9.98. The Kier molecular flexibility index (Phi) is 4.60. The van der Waals surface area contributed by atoms with E-state index in [-0.39, 0.29) is 5.91 Å². The second-order valence-electron chi connectivity index (χ2n) is 6.79. The van der Waals surface area contributed by atoms with E-state index in [4.69, 9.17) is 0 Å². The molecule has 1 fully saturated rings. The fourth-order valence-corrected chi connectivity index (χ4v) is 3.36. The highest BCUT2D eigenvalue weighted by molar-refractivity contribution is 5.74. The van der Waals surface area contributed by atoms with Crippen LogP contribution in [0.2, 0.25) is 0 Å². The molecule has 1 amide bonds. The molecule has 21 heavy (non-hydrogen) atoms. The van der Waals surface area contributed by atoms with Gasteiger partial charge >= 0.3 is 0 Å². The number of nitrogens with zero attached hydrogens (tertiary/aromatic N) is 2. The molecule has 3 nitrogen and oxygen atoms in total. The molecule has 0 bridgehead atoms. The molecule has 0 unspecified atom stereocenters. The van der Waals surface area contributed by atoms with Gasteiger partial charge in [-0.1, -0.05) is 19.9 Å². The van der Waals surface area contributed by atoms with Crippen LogP contribution in [0.5, 0.6) is 0 Å². The second kappa shape index (κ2) is 6.08. The van der Waals surface area contributed by atoms with Gasteiger partial charge in [0, 0.05) is 37.8 Å². The Hall–Kier alpha value is -1.51. The van der Waals surface area contributed by atoms with Crippen LogP contribution in [0, 0.1) is 6.92 Å². The Morgan fingerprint density at radius 1 is 1.14 bits per heavy atom. The van der Waals surface area contributed by atoms with Crippen LogP contribution in [0.3, 0.4) is 0 Å². The van der Waals surface area contributed by atoms with Gasteiger partial charge in [-0.3, -0.25) is 4.79 Å². The lowest BCUT2D eigenvalue weighted by molar-refractivity contribution is -0.130. The third-order valence-corrected chi connectivity index (χ3v) is 4.41. The number of hydrogen-bond donors (Lipinski definition) is 0. The number of hydrogen-bond acceptors (Lipinski definition) is 2. The third-order valence-electron chi connectivity index (χ3n) is 4.41. The summed E-state index contributed by atoms with van der Waals surface area (Å²) in [5.41, 5.74) is 3.99. The van der Waals surface area contributed by atoms with Crippen molar-refractivity contribution in [1.29, 1.82) is 0 Å². The van der Waals surface area contributed by atoms with E-state index in [2.05, 4.69) is 57.7 Å². The average Bonchev–Trinajstić information content (AvgIpc) is 2.36. The summed E-state index contributed by atoms with van der Waals surface area (Å²) in [6, 6.07) is 7.55. The maximum atomic E-state index is 11.6. The minimum absolute atomic E-state index is 0.181. The van der Waals surface area contributed by atoms with E-state index in [1.165, 1.54) is 16.8 Å². The van der Waals surface area contributed by atoms with Crippen LogP contribution in [0.4, 0.5) is 5.69 Å². The van der Waals surface area contributed by atoms with Crippen LogP contribution in [-0.2, 0) is 4.79 Å². The van der Waals surface area contributed by atoms with Gasteiger partial charge in [-0.25, -0.2) is 0 Å². The summed E-state index contributed by atoms with van der Waals surface area (Å²) in [5, 5.41) is 0. The summed E-state index contributed by atoms with van der Waals surface area (Å²) >= 11 is 0. The van der Waals surface area contributed by atoms with Crippen LogP contribution >= 0.6 is 0 Å². The molecule has 116 valence electrons. The van der Waals surface area contributed by atoms with Gasteiger partial charge in [0.2, 0.25) is 5.91 Å². The molecule has 2 rings (SSSR count). The fraction of sp³-hybridized carbons (Fsp3) is 0.611. The quantitative estimate of drug-likeness (QED) is 0.830. The lowest BCUT2D eigenvalue weighted by Crippen LogP contribution is -2.58. The maximum absolute atomic E-state index is 11.6. The molecule has 0 aliphatic carbocycles. The number of amides is 1. The largest absolute Gasteiger partial charge is 0.363 e. The molecule has 0 radical (unpaired) electrons. The van der Waals surface area contributed by atoms with Crippen LogP contribution in [-0.4, -0.2) is 36.0 Å². The standard InChI is InChI=1S/C18H28N2O/c1-12(2)17-7-13(3)8-18(9-17)20-14(4)10-19(16(6)21)11-15(20)5/h7-9,12,14-15H,10-11H2,1-6H3/t14-,15+. The maximum Gasteiger partial charge on any atom is 0.219 e. The van der Waals surface area contributed by atoms with Gasteiger partial charge < -0.3 is 9.80 Å². The van der Waals surface area contributed by atoms with Crippen LogP contribution in [0.1, 0.15) is 51.7 Å². The molecule has 0 saturated carbocycles. The molecular formula is C18H28N2O. The van der Waals surface area contributed by atoms with Crippen molar-refractivity contribution in [3.05, 3.63) is 29.3 Å². The van der Waals surface area contributed by atoms with Gasteiger partial charge in [0.1, 0.15) is 0 Å². The van der Waals surface area contributed by atoms with E-state index < -0.39 is 0 Å². The Labute approximate surface area is 128 Å². The first-order chi connectivity index (χ1) is 9.79. The molecule has 0 N–H and O–H groups in total. The van der Waals surface area contributed by atoms with E-state index in [1.54, 1.807) is 6.92 Å². The van der Waals surface area contributed by atoms with Gasteiger partial charge in [-0.2, -0.15) is 0 Å². The molecule has 1 aromatic carbocycles. The second-order valence-corrected chi connectivity index (χ2v) is 6.79. The number of carbonyl (C=O) groups excluding carboxylic acids is 1. The van der Waals surface area contributed by atoms with E-state index in [0.29, 0.717) is 18.0 Å². The minimum Gasteiger partial charge on any atom is -0.363 e. The Balaban J connectivity index is 2.31. The SMILES string of the molecule is CC(=O)N1C[C@@H](C)N(c2cc(C)cc(C(C)C)c2)[C@@H](C)C1. The number of carbonyl (C=O) groups is 1. The summed E-state index contributed by atoms with van der Waals surface area (Å²) in [4.78, 5) is 16.1. The monoisotopic (exact) mass is 288 g/mol. The molecule has 1 aliphatic heterocycles. The topological polar surface area (TPSA) is 23.6 Å². The molecule has 0 spiro atoms. The number of aryl methyl sites for hydroxylation is 1. The van der Waals surface area contributed by atoms with E-state index >= 15 is 0 Å². The van der Waals surface area contributed by atoms with Crippen LogP contribution in [0.15, 0.2) is 18.2 Å². The van der Waals surface area contributed by atoms with Crippen molar-refractivity contribution in [3.63, 3.8) is 0 Å². The summed E-state index contributed by atoms with van der Waals surface area (Å²) in [5.74, 6) is 0.716. The molecule has 1 saturated heterocycles. The predicted octanol–water partition coefficient (Wildman–Crippen LogP) is 3.56. The summed E-state index contributed by atoms with van der Waals surface area (Å²) in [7, 11) is 0. The van der Waals surface area contributed by atoms with Gasteiger partial charge in [-0.05, 0) is 49.9 Å². The molecule has 1 aromatic rings. The number of anilines is 1. The van der Waals surface area contributed by atoms with E-state index in [1.807, 2.05) is 4.90 Å². The van der Waals surface area contributed by atoms with Crippen LogP contribution in [0.25, 0.3) is 0 Å². The van der Waals surface area contributed by atoms with Crippen LogP contribution < -0.4 is 4.90 Å². The summed E-state index contributed by atoms with van der Waals surface area (Å²) in [6.07, 6.45) is 0. The zero-order valence-electron chi connectivity index (χ0n) is 14.2. The molecule has 0 aromatic heterocycles. The number of benzene rings is 1. The third kappa shape index (κ3) is 3.39. The van der Waals surface area contributed by atoms with Gasteiger partial charge in [-0.15, -0.1) is 0 Å². The first-order valence-electron chi connectivity index (χ1n) is 7.95. The Bertz CT molecular complexity index is 512. The molecule has 1 aliphatic rings. The molecule has 2 atom stereocenters. The lowest BCUT2D eigenvalue weighted by Gasteiger charge is -2.46. The average molecular weight is 288 g/mol. The van der Waals surface area contributed by atoms with Crippen molar-refractivity contribution in [1.82, 2.24) is 4.90 Å². The summed E-state index contributed by atoms with van der Waals surface area (Å²) < 4.78 is 0. The normalized spacial score (nSPS) is 22.8. The zero-order chi connectivity index (χ0) is 15.7. The summed E-state index contributed by atoms with van der Waals surface area (Å²) in [6.45, 7) is 14.3. The van der Waals surface area contributed by atoms with E-state index in [0.717, 1.165) is 13.1 Å². The smallest absolute Gasteiger partial charge is 0.219 e. The first kappa shape index (κ1) is 15.9. The van der Waals surface area contributed by atoms with Gasteiger partial charge in [0.15, 0.2) is 0 Å². The minimum atomic E-state index is 0.181.